The van der Waals surface area contributed by atoms with Gasteiger partial charge in [-0.1, -0.05) is 65.0 Å². The first-order chi connectivity index (χ1) is 19.5. The average Bonchev–Trinajstić information content (AvgIpc) is 2.94. The molecule has 1 heterocycles. The second kappa shape index (κ2) is 16.3. The maximum absolute atomic E-state index is 13.7. The number of unbranched alkanes of at least 4 members (excludes halogenated alkanes) is 1. The fourth-order valence-electron chi connectivity index (χ4n) is 5.16. The van der Waals surface area contributed by atoms with Crippen molar-refractivity contribution >= 4 is 58.2 Å². The molecule has 12 heteroatoms. The third-order valence-corrected chi connectivity index (χ3v) is 8.86. The SMILES string of the molecule is C[C@@H]1CN(C(=O)C(N)Cc2ccc(Cl)c(Cl)c2)[C@@H](CCCCNCCN)CN1C(=O)C(N)Cc1ccc(Cl)c(Cl)c1. The van der Waals surface area contributed by atoms with Crippen LogP contribution in [0.1, 0.15) is 37.3 Å². The monoisotopic (exact) mass is 644 g/mol. The molecule has 0 bridgehead atoms. The van der Waals surface area contributed by atoms with E-state index in [2.05, 4.69) is 5.32 Å². The summed E-state index contributed by atoms with van der Waals surface area (Å²) in [5.41, 5.74) is 20.0. The van der Waals surface area contributed by atoms with Gasteiger partial charge in [-0.3, -0.25) is 9.59 Å². The molecule has 1 saturated heterocycles. The molecule has 4 atom stereocenters. The van der Waals surface area contributed by atoms with Gasteiger partial charge in [0.05, 0.1) is 32.2 Å². The highest BCUT2D eigenvalue weighted by Gasteiger charge is 2.39. The molecule has 0 spiro atoms. The third-order valence-electron chi connectivity index (χ3n) is 7.38. The topological polar surface area (TPSA) is 131 Å². The van der Waals surface area contributed by atoms with Crippen LogP contribution in [0.2, 0.25) is 20.1 Å². The Labute approximate surface area is 262 Å². The van der Waals surface area contributed by atoms with Crippen molar-refractivity contribution < 1.29 is 9.59 Å². The Morgan fingerprint density at radius 3 is 1.88 bits per heavy atom. The Balaban J connectivity index is 1.71. The first-order valence-corrected chi connectivity index (χ1v) is 15.4. The van der Waals surface area contributed by atoms with E-state index in [0.29, 0.717) is 52.6 Å². The van der Waals surface area contributed by atoms with Gasteiger partial charge in [0.2, 0.25) is 11.8 Å². The van der Waals surface area contributed by atoms with Crippen LogP contribution in [0.15, 0.2) is 36.4 Å². The Hall–Kier alpha value is -1.62. The molecule has 2 amide bonds. The number of carbonyl (C=O) groups is 2. The molecule has 1 aliphatic heterocycles. The largest absolute Gasteiger partial charge is 0.335 e. The standard InChI is InChI=1S/C29H40Cl4N6O2/c1-18-16-39(29(41)27(36)15-20-6-8-23(31)25(33)13-20)21(4-2-3-10-37-11-9-34)17-38(18)28(40)26(35)14-19-5-7-22(30)24(32)12-19/h5-8,12-13,18,21,26-27,37H,2-4,9-11,14-17,34-36H2,1H3/t18-,21+,26?,27?/m1/s1. The number of amides is 2. The minimum absolute atomic E-state index is 0.151. The Bertz CT molecular complexity index is 1190. The fraction of sp³-hybridized carbons (Fsp3) is 0.517. The lowest BCUT2D eigenvalue weighted by Gasteiger charge is -2.47. The second-order valence-corrected chi connectivity index (χ2v) is 12.3. The average molecular weight is 646 g/mol. The van der Waals surface area contributed by atoms with Crippen molar-refractivity contribution in [3.63, 3.8) is 0 Å². The van der Waals surface area contributed by atoms with Gasteiger partial charge in [0.1, 0.15) is 0 Å². The molecule has 1 aliphatic rings. The lowest BCUT2D eigenvalue weighted by Crippen LogP contribution is -2.64. The van der Waals surface area contributed by atoms with E-state index >= 15 is 0 Å². The van der Waals surface area contributed by atoms with Crippen molar-refractivity contribution in [2.75, 3.05) is 32.7 Å². The number of nitrogens with two attached hydrogens (primary N) is 3. The quantitative estimate of drug-likeness (QED) is 0.245. The zero-order valence-electron chi connectivity index (χ0n) is 23.3. The molecule has 1 fully saturated rings. The van der Waals surface area contributed by atoms with Gasteiger partial charge in [-0.25, -0.2) is 0 Å². The molecule has 226 valence electrons. The van der Waals surface area contributed by atoms with Gasteiger partial charge in [-0.15, -0.1) is 0 Å². The molecular formula is C29H40Cl4N6O2. The number of piperazine rings is 1. The van der Waals surface area contributed by atoms with E-state index in [-0.39, 0.29) is 23.9 Å². The van der Waals surface area contributed by atoms with E-state index in [1.807, 2.05) is 24.0 Å². The molecule has 2 aromatic carbocycles. The highest BCUT2D eigenvalue weighted by Crippen LogP contribution is 2.26. The summed E-state index contributed by atoms with van der Waals surface area (Å²) in [6.45, 7) is 4.86. The van der Waals surface area contributed by atoms with Crippen LogP contribution in [0.25, 0.3) is 0 Å². The summed E-state index contributed by atoms with van der Waals surface area (Å²) in [4.78, 5) is 30.8. The van der Waals surface area contributed by atoms with E-state index < -0.39 is 12.1 Å². The molecule has 0 aliphatic carbocycles. The molecule has 7 N–H and O–H groups in total. The molecule has 0 aromatic heterocycles. The molecule has 2 unspecified atom stereocenters. The lowest BCUT2D eigenvalue weighted by atomic mass is 9.97. The van der Waals surface area contributed by atoms with Gasteiger partial charge in [0.15, 0.2) is 0 Å². The lowest BCUT2D eigenvalue weighted by molar-refractivity contribution is -0.148. The van der Waals surface area contributed by atoms with Gasteiger partial charge in [0.25, 0.3) is 0 Å². The van der Waals surface area contributed by atoms with Crippen LogP contribution in [0.3, 0.4) is 0 Å². The van der Waals surface area contributed by atoms with E-state index in [9.17, 15) is 9.59 Å². The zero-order chi connectivity index (χ0) is 30.1. The number of nitrogens with one attached hydrogen (secondary N) is 1. The molecule has 3 rings (SSSR count). The Morgan fingerprint density at radius 1 is 0.829 bits per heavy atom. The van der Waals surface area contributed by atoms with Crippen LogP contribution in [0, 0.1) is 0 Å². The van der Waals surface area contributed by atoms with E-state index in [1.54, 1.807) is 29.2 Å². The highest BCUT2D eigenvalue weighted by molar-refractivity contribution is 6.42. The van der Waals surface area contributed by atoms with Crippen molar-refractivity contribution in [1.29, 1.82) is 0 Å². The number of hydrogen-bond donors (Lipinski definition) is 4. The van der Waals surface area contributed by atoms with Gasteiger partial charge < -0.3 is 32.3 Å². The van der Waals surface area contributed by atoms with Gasteiger partial charge in [0, 0.05) is 38.3 Å². The highest BCUT2D eigenvalue weighted by atomic mass is 35.5. The number of halogens is 4. The molecular weight excluding hydrogens is 606 g/mol. The number of carbonyl (C=O) groups excluding carboxylic acids is 2. The first kappa shape index (κ1) is 33.9. The number of rotatable bonds is 13. The minimum atomic E-state index is -0.757. The molecule has 0 radical (unpaired) electrons. The predicted octanol–water partition coefficient (Wildman–Crippen LogP) is 3.89. The predicted molar refractivity (Wildman–Crippen MR) is 169 cm³/mol. The molecule has 2 aromatic rings. The van der Waals surface area contributed by atoms with Crippen LogP contribution in [-0.2, 0) is 22.4 Å². The molecule has 8 nitrogen and oxygen atoms in total. The fourth-order valence-corrected chi connectivity index (χ4v) is 5.80. The summed E-state index contributed by atoms with van der Waals surface area (Å²) < 4.78 is 0. The number of hydrogen-bond acceptors (Lipinski definition) is 6. The summed E-state index contributed by atoms with van der Waals surface area (Å²) in [7, 11) is 0. The summed E-state index contributed by atoms with van der Waals surface area (Å²) in [5.74, 6) is -0.313. The van der Waals surface area contributed by atoms with Crippen molar-refractivity contribution in [1.82, 2.24) is 15.1 Å². The summed E-state index contributed by atoms with van der Waals surface area (Å²) in [6.07, 6.45) is 3.18. The van der Waals surface area contributed by atoms with Gasteiger partial charge >= 0.3 is 0 Å². The third kappa shape index (κ3) is 9.70. The van der Waals surface area contributed by atoms with Crippen molar-refractivity contribution in [3.8, 4) is 0 Å². The second-order valence-electron chi connectivity index (χ2n) is 10.6. The summed E-state index contributed by atoms with van der Waals surface area (Å²) in [5, 5.41) is 5.03. The van der Waals surface area contributed by atoms with Crippen LogP contribution >= 0.6 is 46.4 Å². The maximum Gasteiger partial charge on any atom is 0.240 e. The van der Waals surface area contributed by atoms with Gasteiger partial charge in [-0.2, -0.15) is 0 Å². The molecule has 41 heavy (non-hydrogen) atoms. The Morgan fingerprint density at radius 2 is 1.37 bits per heavy atom. The van der Waals surface area contributed by atoms with Crippen molar-refractivity contribution in [2.45, 2.75) is 63.2 Å². The van der Waals surface area contributed by atoms with Crippen LogP contribution in [-0.4, -0.2) is 78.5 Å². The smallest absolute Gasteiger partial charge is 0.240 e. The number of nitrogens with zero attached hydrogens (tertiary/aromatic N) is 2. The maximum atomic E-state index is 13.7. The van der Waals surface area contributed by atoms with Crippen LogP contribution < -0.4 is 22.5 Å². The van der Waals surface area contributed by atoms with Crippen LogP contribution in [0.5, 0.6) is 0 Å². The van der Waals surface area contributed by atoms with Crippen molar-refractivity contribution in [3.05, 3.63) is 67.6 Å². The summed E-state index contributed by atoms with van der Waals surface area (Å²) in [6, 6.07) is 8.57. The molecule has 0 saturated carbocycles. The minimum Gasteiger partial charge on any atom is -0.335 e. The zero-order valence-corrected chi connectivity index (χ0v) is 26.3. The van der Waals surface area contributed by atoms with E-state index in [1.165, 1.54) is 0 Å². The van der Waals surface area contributed by atoms with E-state index in [0.717, 1.165) is 43.5 Å². The van der Waals surface area contributed by atoms with E-state index in [4.69, 9.17) is 63.6 Å². The first-order valence-electron chi connectivity index (χ1n) is 13.9. The van der Waals surface area contributed by atoms with Gasteiger partial charge in [-0.05, 0) is 74.5 Å². The summed E-state index contributed by atoms with van der Waals surface area (Å²) >= 11 is 24.4. The van der Waals surface area contributed by atoms with Crippen molar-refractivity contribution in [2.24, 2.45) is 17.2 Å². The number of benzene rings is 2. The van der Waals surface area contributed by atoms with Crippen LogP contribution in [0.4, 0.5) is 0 Å². The Kier molecular flexibility index (Phi) is 13.5. The normalized spacial score (nSPS) is 18.8.